The summed E-state index contributed by atoms with van der Waals surface area (Å²) in [5.74, 6) is 0.858. The summed E-state index contributed by atoms with van der Waals surface area (Å²) < 4.78 is 11.6. The highest BCUT2D eigenvalue weighted by atomic mass is 79.9. The van der Waals surface area contributed by atoms with E-state index in [-0.39, 0.29) is 24.5 Å². The Morgan fingerprint density at radius 2 is 1.88 bits per heavy atom. The van der Waals surface area contributed by atoms with Gasteiger partial charge < -0.3 is 14.8 Å². The lowest BCUT2D eigenvalue weighted by atomic mass is 10.1. The smallest absolute Gasteiger partial charge is 0.224 e. The van der Waals surface area contributed by atoms with E-state index in [4.69, 9.17) is 9.47 Å². The van der Waals surface area contributed by atoms with Crippen molar-refractivity contribution in [2.45, 2.75) is 12.8 Å². The molecular weight excluding hydrogens is 376 g/mol. The van der Waals surface area contributed by atoms with E-state index in [1.54, 1.807) is 36.5 Å². The number of halogens is 1. The minimum atomic E-state index is -0.231. The zero-order valence-electron chi connectivity index (χ0n) is 12.8. The molecular formula is C17H15BrN2O4. The SMILES string of the molecule is O=C(CCC(=O)c1ccc2c(c1)OCCO2)Nc1ccc(Br)nc1. The summed E-state index contributed by atoms with van der Waals surface area (Å²) in [6.45, 7) is 0.972. The fraction of sp³-hybridized carbons (Fsp3) is 0.235. The van der Waals surface area contributed by atoms with Crippen LogP contribution in [-0.2, 0) is 4.79 Å². The van der Waals surface area contributed by atoms with E-state index in [9.17, 15) is 9.59 Å². The molecule has 0 atom stereocenters. The van der Waals surface area contributed by atoms with Crippen LogP contribution in [0.15, 0.2) is 41.1 Å². The van der Waals surface area contributed by atoms with Gasteiger partial charge in [-0.3, -0.25) is 9.59 Å². The number of aromatic nitrogens is 1. The zero-order valence-corrected chi connectivity index (χ0v) is 14.3. The minimum Gasteiger partial charge on any atom is -0.486 e. The van der Waals surface area contributed by atoms with Crippen molar-refractivity contribution < 1.29 is 19.1 Å². The monoisotopic (exact) mass is 390 g/mol. The Balaban J connectivity index is 1.55. The summed E-state index contributed by atoms with van der Waals surface area (Å²) in [5, 5.41) is 2.71. The molecule has 124 valence electrons. The number of ether oxygens (including phenoxy) is 2. The lowest BCUT2D eigenvalue weighted by Gasteiger charge is -2.18. The molecule has 1 aromatic heterocycles. The molecule has 2 heterocycles. The van der Waals surface area contributed by atoms with E-state index in [1.165, 1.54) is 0 Å². The average Bonchev–Trinajstić information content (AvgIpc) is 2.61. The summed E-state index contributed by atoms with van der Waals surface area (Å²) in [6, 6.07) is 8.53. The van der Waals surface area contributed by atoms with Crippen LogP contribution in [0.3, 0.4) is 0 Å². The predicted octanol–water partition coefficient (Wildman–Crippen LogP) is 3.22. The van der Waals surface area contributed by atoms with Gasteiger partial charge in [0.25, 0.3) is 0 Å². The number of benzene rings is 1. The molecule has 2 aromatic rings. The number of amides is 1. The van der Waals surface area contributed by atoms with Crippen LogP contribution in [0.5, 0.6) is 11.5 Å². The van der Waals surface area contributed by atoms with Crippen LogP contribution in [0.4, 0.5) is 5.69 Å². The van der Waals surface area contributed by atoms with Gasteiger partial charge in [0, 0.05) is 18.4 Å². The molecule has 1 N–H and O–H groups in total. The summed E-state index contributed by atoms with van der Waals surface area (Å²) in [7, 11) is 0. The number of rotatable bonds is 5. The number of nitrogens with one attached hydrogen (secondary N) is 1. The van der Waals surface area contributed by atoms with Gasteiger partial charge in [-0.25, -0.2) is 4.98 Å². The molecule has 0 radical (unpaired) electrons. The summed E-state index contributed by atoms with van der Waals surface area (Å²) >= 11 is 3.23. The molecule has 3 rings (SSSR count). The number of pyridine rings is 1. The zero-order chi connectivity index (χ0) is 16.9. The van der Waals surface area contributed by atoms with Gasteiger partial charge in [0.2, 0.25) is 5.91 Å². The van der Waals surface area contributed by atoms with Crippen molar-refractivity contribution in [3.05, 3.63) is 46.7 Å². The number of carbonyl (C=O) groups is 2. The van der Waals surface area contributed by atoms with Crippen LogP contribution in [0.2, 0.25) is 0 Å². The highest BCUT2D eigenvalue weighted by Gasteiger charge is 2.15. The number of ketones is 1. The van der Waals surface area contributed by atoms with Crippen molar-refractivity contribution in [1.82, 2.24) is 4.98 Å². The predicted molar refractivity (Wildman–Crippen MR) is 91.6 cm³/mol. The first-order valence-electron chi connectivity index (χ1n) is 7.46. The van der Waals surface area contributed by atoms with Crippen molar-refractivity contribution in [2.75, 3.05) is 18.5 Å². The number of Topliss-reactive ketones (excluding diaryl/α,β-unsaturated/α-hetero) is 1. The number of fused-ring (bicyclic) bond motifs is 1. The Morgan fingerprint density at radius 3 is 2.62 bits per heavy atom. The lowest BCUT2D eigenvalue weighted by Crippen LogP contribution is -2.16. The van der Waals surface area contributed by atoms with Crippen LogP contribution in [-0.4, -0.2) is 29.9 Å². The van der Waals surface area contributed by atoms with Gasteiger partial charge >= 0.3 is 0 Å². The van der Waals surface area contributed by atoms with Crippen LogP contribution in [0, 0.1) is 0 Å². The fourth-order valence-corrected chi connectivity index (χ4v) is 2.50. The topological polar surface area (TPSA) is 77.5 Å². The molecule has 1 aromatic carbocycles. The van der Waals surface area contributed by atoms with Gasteiger partial charge in [-0.2, -0.15) is 0 Å². The van der Waals surface area contributed by atoms with Crippen molar-refractivity contribution in [1.29, 1.82) is 0 Å². The van der Waals surface area contributed by atoms with Crippen LogP contribution in [0.25, 0.3) is 0 Å². The number of nitrogens with zero attached hydrogens (tertiary/aromatic N) is 1. The lowest BCUT2D eigenvalue weighted by molar-refractivity contribution is -0.116. The summed E-state index contributed by atoms with van der Waals surface area (Å²) in [4.78, 5) is 28.2. The van der Waals surface area contributed by atoms with Gasteiger partial charge in [0.05, 0.1) is 11.9 Å². The van der Waals surface area contributed by atoms with Crippen LogP contribution < -0.4 is 14.8 Å². The molecule has 0 spiro atoms. The third kappa shape index (κ3) is 4.11. The molecule has 0 saturated heterocycles. The molecule has 1 amide bonds. The standard InChI is InChI=1S/C17H15BrN2O4/c18-16-5-2-12(10-19-16)20-17(22)6-3-13(21)11-1-4-14-15(9-11)24-8-7-23-14/h1-2,4-5,9-10H,3,6-8H2,(H,20,22). The summed E-state index contributed by atoms with van der Waals surface area (Å²) in [6.07, 6.45) is 1.77. The summed E-state index contributed by atoms with van der Waals surface area (Å²) in [5.41, 5.74) is 1.10. The second-order valence-electron chi connectivity index (χ2n) is 5.20. The molecule has 0 unspecified atom stereocenters. The van der Waals surface area contributed by atoms with Crippen LogP contribution in [0.1, 0.15) is 23.2 Å². The van der Waals surface area contributed by atoms with E-state index in [1.807, 2.05) is 0 Å². The Bertz CT molecular complexity index is 762. The number of carbonyl (C=O) groups excluding carboxylic acids is 2. The molecule has 0 aliphatic carbocycles. The van der Waals surface area contributed by atoms with Gasteiger partial charge in [-0.1, -0.05) is 0 Å². The molecule has 0 bridgehead atoms. The first kappa shape index (κ1) is 16.4. The molecule has 6 nitrogen and oxygen atoms in total. The maximum Gasteiger partial charge on any atom is 0.224 e. The van der Waals surface area contributed by atoms with E-state index < -0.39 is 0 Å². The second kappa shape index (κ2) is 7.44. The van der Waals surface area contributed by atoms with Crippen molar-refractivity contribution in [3.63, 3.8) is 0 Å². The first-order chi connectivity index (χ1) is 11.6. The number of anilines is 1. The molecule has 0 fully saturated rings. The first-order valence-corrected chi connectivity index (χ1v) is 8.25. The second-order valence-corrected chi connectivity index (χ2v) is 6.01. The maximum atomic E-state index is 12.2. The Morgan fingerprint density at radius 1 is 1.08 bits per heavy atom. The maximum absolute atomic E-state index is 12.2. The Kier molecular flexibility index (Phi) is 5.10. The molecule has 24 heavy (non-hydrogen) atoms. The number of hydrogen-bond acceptors (Lipinski definition) is 5. The van der Waals surface area contributed by atoms with Gasteiger partial charge in [-0.05, 0) is 46.3 Å². The van der Waals surface area contributed by atoms with E-state index in [0.29, 0.717) is 40.6 Å². The Labute approximate surface area is 147 Å². The number of hydrogen-bond donors (Lipinski definition) is 1. The quantitative estimate of drug-likeness (QED) is 0.626. The minimum absolute atomic E-state index is 0.101. The largest absolute Gasteiger partial charge is 0.486 e. The molecule has 0 saturated carbocycles. The van der Waals surface area contributed by atoms with E-state index in [2.05, 4.69) is 26.2 Å². The Hall–Kier alpha value is -2.41. The third-order valence-electron chi connectivity index (χ3n) is 3.45. The van der Waals surface area contributed by atoms with Gasteiger partial charge in [0.1, 0.15) is 17.8 Å². The van der Waals surface area contributed by atoms with Gasteiger partial charge in [-0.15, -0.1) is 0 Å². The highest BCUT2D eigenvalue weighted by Crippen LogP contribution is 2.31. The molecule has 1 aliphatic heterocycles. The van der Waals surface area contributed by atoms with E-state index in [0.717, 1.165) is 0 Å². The van der Waals surface area contributed by atoms with Crippen molar-refractivity contribution >= 4 is 33.3 Å². The normalized spacial score (nSPS) is 12.5. The third-order valence-corrected chi connectivity index (χ3v) is 3.92. The molecule has 7 heteroatoms. The fourth-order valence-electron chi connectivity index (χ4n) is 2.26. The van der Waals surface area contributed by atoms with E-state index >= 15 is 0 Å². The average molecular weight is 391 g/mol. The molecule has 1 aliphatic rings. The van der Waals surface area contributed by atoms with Crippen molar-refractivity contribution in [2.24, 2.45) is 0 Å². The van der Waals surface area contributed by atoms with Crippen molar-refractivity contribution in [3.8, 4) is 11.5 Å². The highest BCUT2D eigenvalue weighted by molar-refractivity contribution is 9.10. The van der Waals surface area contributed by atoms with Crippen LogP contribution >= 0.6 is 15.9 Å². The van der Waals surface area contributed by atoms with Gasteiger partial charge in [0.15, 0.2) is 17.3 Å².